The molecule has 1 aromatic rings. The van der Waals surface area contributed by atoms with E-state index in [4.69, 9.17) is 15.6 Å². The molecule has 1 unspecified atom stereocenters. The largest absolute Gasteiger partial charge is 0.478 e. The molecule has 0 aromatic carbocycles. The maximum absolute atomic E-state index is 10.9. The lowest BCUT2D eigenvalue weighted by Gasteiger charge is -2.12. The molecule has 0 bridgehead atoms. The Morgan fingerprint density at radius 3 is 2.62 bits per heavy atom. The molecule has 1 amide bonds. The summed E-state index contributed by atoms with van der Waals surface area (Å²) in [5, 5.41) is 8.88. The van der Waals surface area contributed by atoms with Crippen LogP contribution in [-0.2, 0) is 4.79 Å². The van der Waals surface area contributed by atoms with Gasteiger partial charge in [-0.05, 0) is 26.0 Å². The van der Waals surface area contributed by atoms with Gasteiger partial charge in [0.2, 0.25) is 0 Å². The minimum atomic E-state index is -1.21. The molecular weight excluding hydrogens is 212 g/mol. The number of nitrogens with zero attached hydrogens (tertiary/aromatic N) is 1. The first kappa shape index (κ1) is 12.0. The zero-order valence-corrected chi connectivity index (χ0v) is 8.93. The second kappa shape index (κ2) is 4.61. The number of primary amides is 1. The molecule has 0 radical (unpaired) electrons. The molecule has 0 aliphatic carbocycles. The molecule has 6 nitrogen and oxygen atoms in total. The molecule has 1 heterocycles. The van der Waals surface area contributed by atoms with Crippen molar-refractivity contribution in [1.82, 2.24) is 4.98 Å². The topological polar surface area (TPSA) is 103 Å². The van der Waals surface area contributed by atoms with Crippen LogP contribution in [0.3, 0.4) is 0 Å². The fraction of sp³-hybridized carbons (Fsp3) is 0.300. The van der Waals surface area contributed by atoms with Gasteiger partial charge in [-0.2, -0.15) is 0 Å². The number of hydrogen-bond donors (Lipinski definition) is 2. The van der Waals surface area contributed by atoms with Crippen LogP contribution in [0, 0.1) is 6.92 Å². The number of carbonyl (C=O) groups excluding carboxylic acids is 1. The third-order valence-corrected chi connectivity index (χ3v) is 1.90. The van der Waals surface area contributed by atoms with Crippen molar-refractivity contribution in [3.63, 3.8) is 0 Å². The van der Waals surface area contributed by atoms with E-state index in [0.29, 0.717) is 5.69 Å². The summed E-state index contributed by atoms with van der Waals surface area (Å²) in [6, 6.07) is 3.04. The van der Waals surface area contributed by atoms with Crippen LogP contribution in [-0.4, -0.2) is 28.1 Å². The van der Waals surface area contributed by atoms with Crippen molar-refractivity contribution in [3.8, 4) is 5.75 Å². The van der Waals surface area contributed by atoms with Crippen molar-refractivity contribution in [1.29, 1.82) is 0 Å². The van der Waals surface area contributed by atoms with E-state index < -0.39 is 18.0 Å². The maximum atomic E-state index is 10.9. The number of aromatic carboxylic acids is 1. The van der Waals surface area contributed by atoms with Crippen LogP contribution in [0.1, 0.15) is 23.1 Å². The Hall–Kier alpha value is -2.11. The predicted molar refractivity (Wildman–Crippen MR) is 55.2 cm³/mol. The fourth-order valence-electron chi connectivity index (χ4n) is 1.04. The zero-order valence-electron chi connectivity index (χ0n) is 8.93. The minimum absolute atomic E-state index is 0.0319. The number of carboxylic acid groups (broad SMARTS) is 1. The monoisotopic (exact) mass is 224 g/mol. The van der Waals surface area contributed by atoms with Gasteiger partial charge in [0.25, 0.3) is 5.91 Å². The molecular formula is C10H12N2O4. The van der Waals surface area contributed by atoms with Gasteiger partial charge in [-0.1, -0.05) is 0 Å². The Labute approximate surface area is 92.0 Å². The summed E-state index contributed by atoms with van der Waals surface area (Å²) >= 11 is 0. The van der Waals surface area contributed by atoms with Crippen molar-refractivity contribution in [2.24, 2.45) is 5.73 Å². The first-order chi connectivity index (χ1) is 7.41. The number of aromatic nitrogens is 1. The Morgan fingerprint density at radius 1 is 1.50 bits per heavy atom. The highest BCUT2D eigenvalue weighted by molar-refractivity contribution is 5.89. The Balaban J connectivity index is 3.04. The number of carboxylic acids is 1. The Bertz CT molecular complexity index is 431. The molecule has 1 rings (SSSR count). The van der Waals surface area contributed by atoms with Gasteiger partial charge in [-0.3, -0.25) is 4.79 Å². The summed E-state index contributed by atoms with van der Waals surface area (Å²) in [4.78, 5) is 25.5. The summed E-state index contributed by atoms with van der Waals surface area (Å²) in [6.45, 7) is 3.10. The predicted octanol–water partition coefficient (Wildman–Crippen LogP) is 0.341. The first-order valence-electron chi connectivity index (χ1n) is 4.58. The van der Waals surface area contributed by atoms with Crippen molar-refractivity contribution in [2.45, 2.75) is 20.0 Å². The van der Waals surface area contributed by atoms with Crippen LogP contribution >= 0.6 is 0 Å². The molecule has 16 heavy (non-hydrogen) atoms. The number of aryl methyl sites for hydroxylation is 1. The first-order valence-corrected chi connectivity index (χ1v) is 4.58. The van der Waals surface area contributed by atoms with E-state index in [9.17, 15) is 9.59 Å². The van der Waals surface area contributed by atoms with Crippen LogP contribution in [0.25, 0.3) is 0 Å². The lowest BCUT2D eigenvalue weighted by molar-refractivity contribution is -0.124. The number of amides is 1. The number of hydrogen-bond acceptors (Lipinski definition) is 4. The fourth-order valence-corrected chi connectivity index (χ4v) is 1.04. The average molecular weight is 224 g/mol. The summed E-state index contributed by atoms with van der Waals surface area (Å²) in [7, 11) is 0. The molecule has 0 spiro atoms. The number of carbonyl (C=O) groups is 2. The van der Waals surface area contributed by atoms with Crippen molar-refractivity contribution >= 4 is 11.9 Å². The van der Waals surface area contributed by atoms with E-state index in [0.717, 1.165) is 0 Å². The average Bonchev–Trinajstić information content (AvgIpc) is 2.20. The molecule has 6 heteroatoms. The second-order valence-corrected chi connectivity index (χ2v) is 3.27. The molecule has 0 aliphatic heterocycles. The Kier molecular flexibility index (Phi) is 3.44. The van der Waals surface area contributed by atoms with Gasteiger partial charge in [0, 0.05) is 5.69 Å². The number of rotatable bonds is 4. The SMILES string of the molecule is Cc1ccc(OC(C)C(N)=O)c(C(=O)O)n1. The molecule has 0 saturated carbocycles. The van der Waals surface area contributed by atoms with Gasteiger partial charge < -0.3 is 15.6 Å². The van der Waals surface area contributed by atoms with E-state index in [-0.39, 0.29) is 11.4 Å². The van der Waals surface area contributed by atoms with Gasteiger partial charge in [-0.25, -0.2) is 9.78 Å². The summed E-state index contributed by atoms with van der Waals surface area (Å²) in [5.74, 6) is -1.85. The van der Waals surface area contributed by atoms with Crippen LogP contribution < -0.4 is 10.5 Å². The van der Waals surface area contributed by atoms with E-state index in [1.54, 1.807) is 13.0 Å². The molecule has 0 fully saturated rings. The number of ether oxygens (including phenoxy) is 1. The molecule has 0 aliphatic rings. The second-order valence-electron chi connectivity index (χ2n) is 3.27. The normalized spacial score (nSPS) is 11.9. The quantitative estimate of drug-likeness (QED) is 0.767. The zero-order chi connectivity index (χ0) is 12.3. The lowest BCUT2D eigenvalue weighted by Crippen LogP contribution is -2.31. The van der Waals surface area contributed by atoms with Crippen molar-refractivity contribution in [2.75, 3.05) is 0 Å². The van der Waals surface area contributed by atoms with Crippen molar-refractivity contribution < 1.29 is 19.4 Å². The highest BCUT2D eigenvalue weighted by Gasteiger charge is 2.18. The summed E-state index contributed by atoms with van der Waals surface area (Å²) in [5.41, 5.74) is 5.33. The van der Waals surface area contributed by atoms with E-state index in [1.807, 2.05) is 0 Å². The lowest BCUT2D eigenvalue weighted by atomic mass is 10.2. The van der Waals surface area contributed by atoms with E-state index in [1.165, 1.54) is 13.0 Å². The summed E-state index contributed by atoms with van der Waals surface area (Å²) < 4.78 is 5.11. The van der Waals surface area contributed by atoms with Crippen molar-refractivity contribution in [3.05, 3.63) is 23.5 Å². The van der Waals surface area contributed by atoms with E-state index >= 15 is 0 Å². The van der Waals surface area contributed by atoms with Gasteiger partial charge in [0.15, 0.2) is 17.5 Å². The van der Waals surface area contributed by atoms with Gasteiger partial charge in [-0.15, -0.1) is 0 Å². The minimum Gasteiger partial charge on any atom is -0.478 e. The van der Waals surface area contributed by atoms with Gasteiger partial charge in [0.1, 0.15) is 0 Å². The smallest absolute Gasteiger partial charge is 0.358 e. The molecule has 86 valence electrons. The molecule has 1 aromatic heterocycles. The number of pyridine rings is 1. The third kappa shape index (κ3) is 2.69. The third-order valence-electron chi connectivity index (χ3n) is 1.90. The van der Waals surface area contributed by atoms with E-state index in [2.05, 4.69) is 4.98 Å². The van der Waals surface area contributed by atoms with Crippen LogP contribution in [0.2, 0.25) is 0 Å². The standard InChI is InChI=1S/C10H12N2O4/c1-5-3-4-7(8(12-5)10(14)15)16-6(2)9(11)13/h3-4,6H,1-2H3,(H2,11,13)(H,14,15). The highest BCUT2D eigenvalue weighted by atomic mass is 16.5. The van der Waals surface area contributed by atoms with Crippen LogP contribution in [0.15, 0.2) is 12.1 Å². The van der Waals surface area contributed by atoms with Gasteiger partial charge in [0.05, 0.1) is 0 Å². The molecule has 1 atom stereocenters. The maximum Gasteiger partial charge on any atom is 0.358 e. The number of nitrogens with two attached hydrogens (primary N) is 1. The van der Waals surface area contributed by atoms with Crippen LogP contribution in [0.4, 0.5) is 0 Å². The summed E-state index contributed by atoms with van der Waals surface area (Å²) in [6.07, 6.45) is -0.900. The van der Waals surface area contributed by atoms with Gasteiger partial charge >= 0.3 is 5.97 Å². The Morgan fingerprint density at radius 2 is 2.12 bits per heavy atom. The molecule has 3 N–H and O–H groups in total. The molecule has 0 saturated heterocycles. The highest BCUT2D eigenvalue weighted by Crippen LogP contribution is 2.18. The van der Waals surface area contributed by atoms with Crippen LogP contribution in [0.5, 0.6) is 5.75 Å².